The Kier molecular flexibility index (Phi) is 4.85. The van der Waals surface area contributed by atoms with Gasteiger partial charge in [-0.15, -0.1) is 0 Å². The van der Waals surface area contributed by atoms with Crippen LogP contribution >= 0.6 is 0 Å². The number of nitrogens with one attached hydrogen (secondary N) is 1. The van der Waals surface area contributed by atoms with E-state index in [0.717, 1.165) is 25.6 Å². The molecule has 84 valence electrons. The Balaban J connectivity index is 1.94. The van der Waals surface area contributed by atoms with Gasteiger partial charge in [0.15, 0.2) is 0 Å². The molecule has 0 spiro atoms. The molecule has 1 rings (SSSR count). The summed E-state index contributed by atoms with van der Waals surface area (Å²) in [5.74, 6) is 0.806. The number of hydrogen-bond donors (Lipinski definition) is 2. The fraction of sp³-hybridized carbons (Fsp3) is 1.00. The fourth-order valence-electron chi connectivity index (χ4n) is 1.79. The average molecular weight is 200 g/mol. The molecule has 0 bridgehead atoms. The smallest absolute Gasteiger partial charge is 0.0591 e. The lowest BCUT2D eigenvalue weighted by Crippen LogP contribution is -2.30. The molecule has 1 fully saturated rings. The summed E-state index contributed by atoms with van der Waals surface area (Å²) in [6, 6.07) is 0. The lowest BCUT2D eigenvalue weighted by molar-refractivity contribution is 0.141. The molecule has 14 heavy (non-hydrogen) atoms. The van der Waals surface area contributed by atoms with Gasteiger partial charge in [0.2, 0.25) is 0 Å². The first-order chi connectivity index (χ1) is 6.71. The van der Waals surface area contributed by atoms with Crippen LogP contribution in [0.2, 0.25) is 0 Å². The highest BCUT2D eigenvalue weighted by molar-refractivity contribution is 4.96. The van der Waals surface area contributed by atoms with Gasteiger partial charge in [0.05, 0.1) is 13.2 Å². The average Bonchev–Trinajstić information content (AvgIpc) is 2.92. The molecular weight excluding hydrogens is 176 g/mol. The Hall–Kier alpha value is -0.120. The first kappa shape index (κ1) is 12.0. The second kappa shape index (κ2) is 5.69. The quantitative estimate of drug-likeness (QED) is 0.574. The van der Waals surface area contributed by atoms with Crippen LogP contribution in [0.5, 0.6) is 0 Å². The van der Waals surface area contributed by atoms with Crippen molar-refractivity contribution in [3.05, 3.63) is 0 Å². The normalized spacial score (nSPS) is 18.9. The summed E-state index contributed by atoms with van der Waals surface area (Å²) in [4.78, 5) is 0. The van der Waals surface area contributed by atoms with E-state index in [0.29, 0.717) is 18.6 Å². The van der Waals surface area contributed by atoms with E-state index >= 15 is 0 Å². The van der Waals surface area contributed by atoms with E-state index in [2.05, 4.69) is 19.2 Å². The van der Waals surface area contributed by atoms with Crippen molar-refractivity contribution in [1.29, 1.82) is 0 Å². The van der Waals surface area contributed by atoms with E-state index in [1.807, 2.05) is 0 Å². The maximum Gasteiger partial charge on any atom is 0.0591 e. The Morgan fingerprint density at radius 2 is 2.07 bits per heavy atom. The fourth-order valence-corrected chi connectivity index (χ4v) is 1.79. The molecule has 0 aliphatic heterocycles. The number of nitrogens with two attached hydrogens (primary N) is 1. The Labute approximate surface area is 87.4 Å². The van der Waals surface area contributed by atoms with E-state index in [1.54, 1.807) is 0 Å². The van der Waals surface area contributed by atoms with Crippen LogP contribution in [0.1, 0.15) is 26.7 Å². The van der Waals surface area contributed by atoms with Crippen molar-refractivity contribution in [1.82, 2.24) is 5.32 Å². The number of rotatable bonds is 8. The molecule has 3 heteroatoms. The molecular formula is C11H24N2O. The Morgan fingerprint density at radius 3 is 2.57 bits per heavy atom. The van der Waals surface area contributed by atoms with Gasteiger partial charge in [0.1, 0.15) is 0 Å². The van der Waals surface area contributed by atoms with Crippen LogP contribution in [-0.4, -0.2) is 32.8 Å². The molecule has 0 aromatic heterocycles. The van der Waals surface area contributed by atoms with E-state index in [-0.39, 0.29) is 0 Å². The first-order valence-electron chi connectivity index (χ1n) is 5.70. The van der Waals surface area contributed by atoms with Gasteiger partial charge >= 0.3 is 0 Å². The monoisotopic (exact) mass is 200 g/mol. The SMILES string of the molecule is CC(C)C1(CNCCOCCN)CC1. The molecule has 1 saturated carbocycles. The Bertz CT molecular complexity index is 155. The maximum absolute atomic E-state index is 5.32. The topological polar surface area (TPSA) is 47.3 Å². The van der Waals surface area contributed by atoms with Gasteiger partial charge in [0.25, 0.3) is 0 Å². The van der Waals surface area contributed by atoms with Gasteiger partial charge in [-0.3, -0.25) is 0 Å². The van der Waals surface area contributed by atoms with E-state index in [9.17, 15) is 0 Å². The third-order valence-corrected chi connectivity index (χ3v) is 3.28. The van der Waals surface area contributed by atoms with Gasteiger partial charge in [-0.05, 0) is 24.2 Å². The second-order valence-electron chi connectivity index (χ2n) is 4.59. The van der Waals surface area contributed by atoms with Crippen molar-refractivity contribution >= 4 is 0 Å². The van der Waals surface area contributed by atoms with Crippen molar-refractivity contribution in [2.75, 3.05) is 32.8 Å². The molecule has 0 aromatic carbocycles. The van der Waals surface area contributed by atoms with Gasteiger partial charge < -0.3 is 15.8 Å². The molecule has 0 amide bonds. The lowest BCUT2D eigenvalue weighted by Gasteiger charge is -2.19. The van der Waals surface area contributed by atoms with Gasteiger partial charge in [0, 0.05) is 19.6 Å². The van der Waals surface area contributed by atoms with Crippen molar-refractivity contribution in [2.45, 2.75) is 26.7 Å². The zero-order valence-electron chi connectivity index (χ0n) is 9.51. The summed E-state index contributed by atoms with van der Waals surface area (Å²) in [6.45, 7) is 8.82. The molecule has 0 aromatic rings. The summed E-state index contributed by atoms with van der Waals surface area (Å²) >= 11 is 0. The zero-order valence-corrected chi connectivity index (χ0v) is 9.51. The van der Waals surface area contributed by atoms with Gasteiger partial charge in [-0.25, -0.2) is 0 Å². The third kappa shape index (κ3) is 3.56. The second-order valence-corrected chi connectivity index (χ2v) is 4.59. The highest BCUT2D eigenvalue weighted by Crippen LogP contribution is 2.51. The predicted molar refractivity (Wildman–Crippen MR) is 59.2 cm³/mol. The number of ether oxygens (including phenoxy) is 1. The molecule has 0 unspecified atom stereocenters. The highest BCUT2D eigenvalue weighted by Gasteiger charge is 2.44. The zero-order chi connectivity index (χ0) is 10.4. The molecule has 3 nitrogen and oxygen atoms in total. The van der Waals surface area contributed by atoms with Crippen LogP contribution in [-0.2, 0) is 4.74 Å². The van der Waals surface area contributed by atoms with E-state index in [1.165, 1.54) is 12.8 Å². The summed E-state index contributed by atoms with van der Waals surface area (Å²) in [5.41, 5.74) is 5.92. The standard InChI is InChI=1S/C11H24N2O/c1-10(2)11(3-4-11)9-13-6-8-14-7-5-12/h10,13H,3-9,12H2,1-2H3. The van der Waals surface area contributed by atoms with Crippen molar-refractivity contribution in [3.8, 4) is 0 Å². The van der Waals surface area contributed by atoms with Crippen LogP contribution in [0.15, 0.2) is 0 Å². The molecule has 0 heterocycles. The third-order valence-electron chi connectivity index (χ3n) is 3.28. The van der Waals surface area contributed by atoms with Gasteiger partial charge in [-0.1, -0.05) is 13.8 Å². The van der Waals surface area contributed by atoms with Crippen molar-refractivity contribution < 1.29 is 4.74 Å². The Morgan fingerprint density at radius 1 is 1.36 bits per heavy atom. The molecule has 1 aliphatic rings. The largest absolute Gasteiger partial charge is 0.379 e. The summed E-state index contributed by atoms with van der Waals surface area (Å²) in [7, 11) is 0. The molecule has 0 radical (unpaired) electrons. The van der Waals surface area contributed by atoms with Gasteiger partial charge in [-0.2, -0.15) is 0 Å². The number of hydrogen-bond acceptors (Lipinski definition) is 3. The molecule has 0 saturated heterocycles. The van der Waals surface area contributed by atoms with Crippen LogP contribution in [0.25, 0.3) is 0 Å². The first-order valence-corrected chi connectivity index (χ1v) is 5.70. The lowest BCUT2D eigenvalue weighted by atomic mass is 9.92. The minimum atomic E-state index is 0.605. The molecule has 3 N–H and O–H groups in total. The van der Waals surface area contributed by atoms with E-state index < -0.39 is 0 Å². The highest BCUT2D eigenvalue weighted by atomic mass is 16.5. The summed E-state index contributed by atoms with van der Waals surface area (Å²) in [6.07, 6.45) is 2.78. The summed E-state index contributed by atoms with van der Waals surface area (Å²) < 4.78 is 5.29. The van der Waals surface area contributed by atoms with Crippen LogP contribution in [0.4, 0.5) is 0 Å². The summed E-state index contributed by atoms with van der Waals surface area (Å²) in [5, 5.41) is 3.46. The maximum atomic E-state index is 5.32. The van der Waals surface area contributed by atoms with Crippen molar-refractivity contribution in [2.24, 2.45) is 17.1 Å². The van der Waals surface area contributed by atoms with Crippen LogP contribution in [0, 0.1) is 11.3 Å². The predicted octanol–water partition coefficient (Wildman–Crippen LogP) is 0.987. The minimum absolute atomic E-state index is 0.605. The minimum Gasteiger partial charge on any atom is -0.379 e. The molecule has 1 aliphatic carbocycles. The van der Waals surface area contributed by atoms with Crippen molar-refractivity contribution in [3.63, 3.8) is 0 Å². The molecule has 0 atom stereocenters. The van der Waals surface area contributed by atoms with Crippen LogP contribution < -0.4 is 11.1 Å². The van der Waals surface area contributed by atoms with Crippen LogP contribution in [0.3, 0.4) is 0 Å². The van der Waals surface area contributed by atoms with E-state index in [4.69, 9.17) is 10.5 Å².